The van der Waals surface area contributed by atoms with Gasteiger partial charge < -0.3 is 0 Å². The molecule has 0 aromatic carbocycles. The molecule has 1 radical (unpaired) electrons. The van der Waals surface area contributed by atoms with Crippen LogP contribution in [0.1, 0.15) is 6.42 Å². The molecule has 9 heavy (non-hydrogen) atoms. The van der Waals surface area contributed by atoms with Crippen molar-refractivity contribution in [3.63, 3.8) is 0 Å². The second kappa shape index (κ2) is 3.40. The average Bonchev–Trinajstić information content (AvgIpc) is 1.64. The zero-order valence-corrected chi connectivity index (χ0v) is 6.43. The topological polar surface area (TPSA) is 34.1 Å². The maximum absolute atomic E-state index is 10.4. The van der Waals surface area contributed by atoms with Gasteiger partial charge in [-0.2, -0.15) is 0 Å². The Morgan fingerprint density at radius 2 is 1.89 bits per heavy atom. The Bertz CT molecular complexity index is 126. The predicted octanol–water partition coefficient (Wildman–Crippen LogP) is 1.43. The molecular formula is C4H2Cl3O2. The number of carbonyl (C=O) groups excluding carboxylic acids is 2. The van der Waals surface area contributed by atoms with E-state index in [9.17, 15) is 9.59 Å². The summed E-state index contributed by atoms with van der Waals surface area (Å²) < 4.78 is -1.97. The zero-order valence-electron chi connectivity index (χ0n) is 4.16. The van der Waals surface area contributed by atoms with Gasteiger partial charge in [-0.1, -0.05) is 34.8 Å². The van der Waals surface area contributed by atoms with E-state index < -0.39 is 16.0 Å². The highest BCUT2D eigenvalue weighted by molar-refractivity contribution is 6.76. The van der Waals surface area contributed by atoms with Gasteiger partial charge in [-0.25, -0.2) is 0 Å². The van der Waals surface area contributed by atoms with Crippen molar-refractivity contribution in [2.45, 2.75) is 10.2 Å². The maximum Gasteiger partial charge on any atom is 0.249 e. The molecule has 0 aliphatic heterocycles. The second-order valence-electron chi connectivity index (χ2n) is 1.24. The Hall–Kier alpha value is 0.210. The summed E-state index contributed by atoms with van der Waals surface area (Å²) in [6, 6.07) is 0. The SMILES string of the molecule is O=[C]CC(=O)C(Cl)(Cl)Cl. The van der Waals surface area contributed by atoms with Crippen molar-refractivity contribution >= 4 is 46.9 Å². The minimum absolute atomic E-state index is 0.476. The van der Waals surface area contributed by atoms with Crippen LogP contribution >= 0.6 is 34.8 Å². The van der Waals surface area contributed by atoms with Crippen LogP contribution in [0.3, 0.4) is 0 Å². The van der Waals surface area contributed by atoms with Gasteiger partial charge in [0.2, 0.25) is 10.1 Å². The van der Waals surface area contributed by atoms with Crippen LogP contribution < -0.4 is 0 Å². The van der Waals surface area contributed by atoms with Crippen LogP contribution in [0.15, 0.2) is 0 Å². The summed E-state index contributed by atoms with van der Waals surface area (Å²) in [5.41, 5.74) is 0. The minimum atomic E-state index is -1.97. The third-order valence-corrected chi connectivity index (χ3v) is 1.18. The number of halogens is 3. The van der Waals surface area contributed by atoms with Crippen molar-refractivity contribution < 1.29 is 9.59 Å². The van der Waals surface area contributed by atoms with Gasteiger partial charge >= 0.3 is 0 Å². The lowest BCUT2D eigenvalue weighted by Crippen LogP contribution is -2.18. The molecule has 2 nitrogen and oxygen atoms in total. The number of Topliss-reactive ketones (excluding diaryl/α,β-unsaturated/α-hetero) is 1. The molecule has 0 spiro atoms. The summed E-state index contributed by atoms with van der Waals surface area (Å²) >= 11 is 15.2. The molecule has 0 rings (SSSR count). The molecule has 0 amide bonds. The lowest BCUT2D eigenvalue weighted by Gasteiger charge is -2.04. The molecule has 0 aromatic heterocycles. The normalized spacial score (nSPS) is 11.0. The number of carbonyl (C=O) groups is 1. The molecular weight excluding hydrogens is 186 g/mol. The van der Waals surface area contributed by atoms with E-state index in [4.69, 9.17) is 34.8 Å². The first-order chi connectivity index (χ1) is 3.98. The summed E-state index contributed by atoms with van der Waals surface area (Å²) in [5.74, 6) is -0.762. The number of rotatable bonds is 2. The van der Waals surface area contributed by atoms with Gasteiger partial charge in [-0.15, -0.1) is 0 Å². The van der Waals surface area contributed by atoms with E-state index in [1.165, 1.54) is 6.29 Å². The van der Waals surface area contributed by atoms with Crippen molar-refractivity contribution in [1.82, 2.24) is 0 Å². The maximum atomic E-state index is 10.4. The van der Waals surface area contributed by atoms with Crippen LogP contribution in [0, 0.1) is 0 Å². The molecule has 0 aliphatic carbocycles. The highest BCUT2D eigenvalue weighted by Crippen LogP contribution is 2.27. The standard InChI is InChI=1S/C4H2Cl3O2/c5-4(6,7)3(9)1-2-8/h1H2. The van der Waals surface area contributed by atoms with Crippen LogP contribution in [0.2, 0.25) is 0 Å². The van der Waals surface area contributed by atoms with Gasteiger partial charge in [0.15, 0.2) is 5.78 Å². The number of hydrogen-bond acceptors (Lipinski definition) is 2. The van der Waals surface area contributed by atoms with Crippen molar-refractivity contribution in [2.75, 3.05) is 0 Å². The fraction of sp³-hybridized carbons (Fsp3) is 0.500. The van der Waals surface area contributed by atoms with Crippen LogP contribution in [0.25, 0.3) is 0 Å². The quantitative estimate of drug-likeness (QED) is 0.485. The van der Waals surface area contributed by atoms with Gasteiger partial charge in [-0.3, -0.25) is 9.59 Å². The molecule has 0 atom stereocenters. The Morgan fingerprint density at radius 3 is 2.00 bits per heavy atom. The van der Waals surface area contributed by atoms with Crippen LogP contribution in [-0.4, -0.2) is 15.9 Å². The third kappa shape index (κ3) is 3.73. The van der Waals surface area contributed by atoms with E-state index in [2.05, 4.69) is 0 Å². The lowest BCUT2D eigenvalue weighted by atomic mass is 10.3. The summed E-state index contributed by atoms with van der Waals surface area (Å²) in [6.45, 7) is 0. The summed E-state index contributed by atoms with van der Waals surface area (Å²) in [7, 11) is 0. The first kappa shape index (κ1) is 9.21. The molecule has 0 bridgehead atoms. The van der Waals surface area contributed by atoms with Crippen LogP contribution in [0.5, 0.6) is 0 Å². The largest absolute Gasteiger partial charge is 0.294 e. The zero-order chi connectivity index (χ0) is 7.49. The molecule has 51 valence electrons. The molecule has 5 heteroatoms. The van der Waals surface area contributed by atoms with E-state index in [1.54, 1.807) is 0 Å². The predicted molar refractivity (Wildman–Crippen MR) is 35.6 cm³/mol. The lowest BCUT2D eigenvalue weighted by molar-refractivity contribution is -0.117. The van der Waals surface area contributed by atoms with Gasteiger partial charge in [-0.05, 0) is 0 Å². The fourth-order valence-electron chi connectivity index (χ4n) is 0.166. The monoisotopic (exact) mass is 187 g/mol. The Morgan fingerprint density at radius 1 is 1.44 bits per heavy atom. The van der Waals surface area contributed by atoms with Crippen molar-refractivity contribution in [3.05, 3.63) is 0 Å². The van der Waals surface area contributed by atoms with Gasteiger partial charge in [0.1, 0.15) is 0 Å². The summed E-state index contributed by atoms with van der Waals surface area (Å²) in [4.78, 5) is 19.9. The molecule has 0 aromatic rings. The van der Waals surface area contributed by atoms with Gasteiger partial charge in [0.05, 0.1) is 6.42 Å². The Balaban J connectivity index is 3.88. The van der Waals surface area contributed by atoms with E-state index in [0.717, 1.165) is 0 Å². The third-order valence-electron chi connectivity index (χ3n) is 0.549. The molecule has 0 fully saturated rings. The highest BCUT2D eigenvalue weighted by atomic mass is 35.6. The van der Waals surface area contributed by atoms with Gasteiger partial charge in [0.25, 0.3) is 0 Å². The molecule has 0 unspecified atom stereocenters. The highest BCUT2D eigenvalue weighted by Gasteiger charge is 2.29. The van der Waals surface area contributed by atoms with Crippen molar-refractivity contribution in [1.29, 1.82) is 0 Å². The molecule has 0 aliphatic rings. The molecule has 0 saturated carbocycles. The fourth-order valence-corrected chi connectivity index (χ4v) is 0.366. The Labute approximate surface area is 67.1 Å². The minimum Gasteiger partial charge on any atom is -0.294 e. The smallest absolute Gasteiger partial charge is 0.249 e. The van der Waals surface area contributed by atoms with Crippen molar-refractivity contribution in [2.24, 2.45) is 0 Å². The number of ketones is 1. The van der Waals surface area contributed by atoms with E-state index in [1.807, 2.05) is 0 Å². The first-order valence-corrected chi connectivity index (χ1v) is 3.07. The molecule has 0 heterocycles. The molecule has 0 N–H and O–H groups in total. The molecule has 0 saturated heterocycles. The average molecular weight is 188 g/mol. The second-order valence-corrected chi connectivity index (χ2v) is 3.52. The Kier molecular flexibility index (Phi) is 3.48. The van der Waals surface area contributed by atoms with Crippen molar-refractivity contribution in [3.8, 4) is 0 Å². The van der Waals surface area contributed by atoms with Crippen LogP contribution in [0.4, 0.5) is 0 Å². The number of alkyl halides is 3. The first-order valence-electron chi connectivity index (χ1n) is 1.93. The van der Waals surface area contributed by atoms with E-state index >= 15 is 0 Å². The summed E-state index contributed by atoms with van der Waals surface area (Å²) in [6.07, 6.45) is 0.845. The summed E-state index contributed by atoms with van der Waals surface area (Å²) in [5, 5.41) is 0. The van der Waals surface area contributed by atoms with E-state index in [-0.39, 0.29) is 0 Å². The van der Waals surface area contributed by atoms with E-state index in [0.29, 0.717) is 0 Å². The van der Waals surface area contributed by atoms with Crippen LogP contribution in [-0.2, 0) is 9.59 Å². The van der Waals surface area contributed by atoms with Gasteiger partial charge in [0, 0.05) is 0 Å². The number of hydrogen-bond donors (Lipinski definition) is 0.